The zero-order valence-corrected chi connectivity index (χ0v) is 10.7. The van der Waals surface area contributed by atoms with Gasteiger partial charge in [0, 0.05) is 25.7 Å². The number of imidazole rings is 1. The van der Waals surface area contributed by atoms with Crippen LogP contribution in [0.1, 0.15) is 17.6 Å². The van der Waals surface area contributed by atoms with Crippen LogP contribution in [0.2, 0.25) is 0 Å². The van der Waals surface area contributed by atoms with Crippen LogP contribution in [0.3, 0.4) is 0 Å². The van der Waals surface area contributed by atoms with Crippen molar-refractivity contribution in [3.05, 3.63) is 48.3 Å². The van der Waals surface area contributed by atoms with Crippen LogP contribution >= 0.6 is 0 Å². The van der Waals surface area contributed by atoms with E-state index in [0.717, 1.165) is 18.1 Å². The third kappa shape index (κ3) is 3.15. The van der Waals surface area contributed by atoms with Gasteiger partial charge < -0.3 is 9.72 Å². The quantitative estimate of drug-likeness (QED) is 0.841. The van der Waals surface area contributed by atoms with Crippen molar-refractivity contribution in [2.75, 3.05) is 20.8 Å². The van der Waals surface area contributed by atoms with Gasteiger partial charge >= 0.3 is 0 Å². The number of hydrogen-bond acceptors (Lipinski definition) is 4. The summed E-state index contributed by atoms with van der Waals surface area (Å²) in [4.78, 5) is 13.9. The molecule has 0 amide bonds. The second kappa shape index (κ2) is 6.28. The maximum absolute atomic E-state index is 5.29. The maximum Gasteiger partial charge on any atom is 0.120 e. The van der Waals surface area contributed by atoms with Crippen LogP contribution in [0.5, 0.6) is 0 Å². The Morgan fingerprint density at radius 1 is 1.33 bits per heavy atom. The van der Waals surface area contributed by atoms with Gasteiger partial charge in [0.15, 0.2) is 0 Å². The summed E-state index contributed by atoms with van der Waals surface area (Å²) < 4.78 is 5.29. The van der Waals surface area contributed by atoms with Crippen LogP contribution in [0.4, 0.5) is 0 Å². The van der Waals surface area contributed by atoms with E-state index in [-0.39, 0.29) is 6.04 Å². The normalized spacial score (nSPS) is 12.8. The Balaban J connectivity index is 2.09. The minimum Gasteiger partial charge on any atom is -0.383 e. The predicted molar refractivity (Wildman–Crippen MR) is 68.9 cm³/mol. The molecule has 0 fully saturated rings. The van der Waals surface area contributed by atoms with Crippen molar-refractivity contribution >= 4 is 0 Å². The Bertz CT molecular complexity index is 443. The number of aromatic nitrogens is 3. The highest BCUT2D eigenvalue weighted by atomic mass is 16.5. The van der Waals surface area contributed by atoms with E-state index in [2.05, 4.69) is 19.9 Å². The largest absolute Gasteiger partial charge is 0.383 e. The lowest BCUT2D eigenvalue weighted by molar-refractivity contribution is 0.0986. The molecular weight excluding hydrogens is 228 g/mol. The van der Waals surface area contributed by atoms with Gasteiger partial charge in [-0.05, 0) is 19.2 Å². The monoisotopic (exact) mass is 246 g/mol. The third-order valence-electron chi connectivity index (χ3n) is 2.84. The minimum absolute atomic E-state index is 0.126. The lowest BCUT2D eigenvalue weighted by Crippen LogP contribution is -2.28. The lowest BCUT2D eigenvalue weighted by Gasteiger charge is -2.26. The predicted octanol–water partition coefficient (Wildman–Crippen LogP) is 1.62. The van der Waals surface area contributed by atoms with Gasteiger partial charge in [-0.3, -0.25) is 9.88 Å². The lowest BCUT2D eigenvalue weighted by atomic mass is 10.1. The van der Waals surface area contributed by atoms with E-state index >= 15 is 0 Å². The molecule has 2 aromatic heterocycles. The number of rotatable bonds is 6. The second-order valence-corrected chi connectivity index (χ2v) is 4.18. The topological polar surface area (TPSA) is 54.0 Å². The molecule has 0 bridgehead atoms. The molecule has 0 unspecified atom stereocenters. The van der Waals surface area contributed by atoms with Gasteiger partial charge in [-0.2, -0.15) is 0 Å². The van der Waals surface area contributed by atoms with Crippen LogP contribution in [-0.2, 0) is 11.3 Å². The molecule has 96 valence electrons. The number of nitrogens with one attached hydrogen (secondary N) is 1. The number of pyridine rings is 1. The highest BCUT2D eigenvalue weighted by Crippen LogP contribution is 2.18. The zero-order chi connectivity index (χ0) is 12.8. The van der Waals surface area contributed by atoms with Crippen molar-refractivity contribution in [3.63, 3.8) is 0 Å². The molecule has 1 N–H and O–H groups in total. The van der Waals surface area contributed by atoms with Gasteiger partial charge in [-0.25, -0.2) is 4.98 Å². The average molecular weight is 246 g/mol. The smallest absolute Gasteiger partial charge is 0.120 e. The van der Waals surface area contributed by atoms with Crippen LogP contribution in [0, 0.1) is 0 Å². The zero-order valence-electron chi connectivity index (χ0n) is 10.7. The Labute approximate surface area is 107 Å². The highest BCUT2D eigenvalue weighted by molar-refractivity contribution is 5.09. The molecule has 2 rings (SSSR count). The molecule has 0 spiro atoms. The first-order chi connectivity index (χ1) is 8.81. The molecule has 1 atom stereocenters. The summed E-state index contributed by atoms with van der Waals surface area (Å²) in [5.41, 5.74) is 1.01. The van der Waals surface area contributed by atoms with E-state index in [0.29, 0.717) is 6.61 Å². The van der Waals surface area contributed by atoms with Crippen molar-refractivity contribution in [1.29, 1.82) is 0 Å². The van der Waals surface area contributed by atoms with E-state index in [1.807, 2.05) is 31.4 Å². The van der Waals surface area contributed by atoms with E-state index in [4.69, 9.17) is 4.74 Å². The SMILES string of the molecule is COC[C@H](c1ccccn1)N(C)Cc1ncc[nH]1. The number of methoxy groups -OCH3 is 1. The van der Waals surface area contributed by atoms with Crippen LogP contribution in [-0.4, -0.2) is 40.6 Å². The molecule has 0 aliphatic carbocycles. The third-order valence-corrected chi connectivity index (χ3v) is 2.84. The summed E-state index contributed by atoms with van der Waals surface area (Å²) in [6.45, 7) is 1.34. The molecular formula is C13H18N4O. The summed E-state index contributed by atoms with van der Waals surface area (Å²) in [5, 5.41) is 0. The van der Waals surface area contributed by atoms with Gasteiger partial charge in [0.2, 0.25) is 0 Å². The van der Waals surface area contributed by atoms with Gasteiger partial charge in [0.25, 0.3) is 0 Å². The second-order valence-electron chi connectivity index (χ2n) is 4.18. The first-order valence-corrected chi connectivity index (χ1v) is 5.89. The van der Waals surface area contributed by atoms with Crippen molar-refractivity contribution < 1.29 is 4.74 Å². The fourth-order valence-electron chi connectivity index (χ4n) is 1.90. The summed E-state index contributed by atoms with van der Waals surface area (Å²) in [6.07, 6.45) is 5.39. The standard InChI is InChI=1S/C13H18N4O/c1-17(9-13-15-7-8-16-13)12(10-18-2)11-5-3-4-6-14-11/h3-8,12H,9-10H2,1-2H3,(H,15,16)/t12-/m1/s1. The number of H-pyrrole nitrogens is 1. The number of aromatic amines is 1. The molecule has 18 heavy (non-hydrogen) atoms. The van der Waals surface area contributed by atoms with E-state index in [1.54, 1.807) is 19.5 Å². The average Bonchev–Trinajstić information content (AvgIpc) is 2.89. The van der Waals surface area contributed by atoms with Gasteiger partial charge in [0.1, 0.15) is 5.82 Å². The molecule has 0 saturated carbocycles. The number of nitrogens with zero attached hydrogens (tertiary/aromatic N) is 3. The van der Waals surface area contributed by atoms with Crippen molar-refractivity contribution in [1.82, 2.24) is 19.9 Å². The summed E-state index contributed by atoms with van der Waals surface area (Å²) in [5.74, 6) is 0.939. The highest BCUT2D eigenvalue weighted by Gasteiger charge is 2.18. The molecule has 5 heteroatoms. The number of ether oxygens (including phenoxy) is 1. The van der Waals surface area contributed by atoms with Crippen LogP contribution in [0.25, 0.3) is 0 Å². The molecule has 5 nitrogen and oxygen atoms in total. The fourth-order valence-corrected chi connectivity index (χ4v) is 1.90. The van der Waals surface area contributed by atoms with Gasteiger partial charge in [-0.15, -0.1) is 0 Å². The van der Waals surface area contributed by atoms with Gasteiger partial charge in [0.05, 0.1) is 24.9 Å². The maximum atomic E-state index is 5.29. The first-order valence-electron chi connectivity index (χ1n) is 5.89. The summed E-state index contributed by atoms with van der Waals surface area (Å²) >= 11 is 0. The van der Waals surface area contributed by atoms with E-state index in [9.17, 15) is 0 Å². The molecule has 2 aromatic rings. The van der Waals surface area contributed by atoms with Crippen molar-refractivity contribution in [2.24, 2.45) is 0 Å². The first kappa shape index (κ1) is 12.7. The molecule has 0 aliphatic rings. The van der Waals surface area contributed by atoms with Crippen LogP contribution in [0.15, 0.2) is 36.8 Å². The number of hydrogen-bond donors (Lipinski definition) is 1. The Kier molecular flexibility index (Phi) is 4.44. The molecule has 0 saturated heterocycles. The Morgan fingerprint density at radius 2 is 2.22 bits per heavy atom. The molecule has 0 aromatic carbocycles. The summed E-state index contributed by atoms with van der Waals surface area (Å²) in [7, 11) is 3.75. The molecule has 2 heterocycles. The summed E-state index contributed by atoms with van der Waals surface area (Å²) in [6, 6.07) is 6.05. The Hall–Kier alpha value is -1.72. The number of likely N-dealkylation sites (N-methyl/N-ethyl adjacent to an activating group) is 1. The van der Waals surface area contributed by atoms with Gasteiger partial charge in [-0.1, -0.05) is 6.07 Å². The van der Waals surface area contributed by atoms with Crippen molar-refractivity contribution in [2.45, 2.75) is 12.6 Å². The molecule has 0 radical (unpaired) electrons. The van der Waals surface area contributed by atoms with Crippen LogP contribution < -0.4 is 0 Å². The minimum atomic E-state index is 0.126. The Morgan fingerprint density at radius 3 is 2.83 bits per heavy atom. The molecule has 0 aliphatic heterocycles. The van der Waals surface area contributed by atoms with E-state index in [1.165, 1.54) is 0 Å². The fraction of sp³-hybridized carbons (Fsp3) is 0.385. The van der Waals surface area contributed by atoms with Crippen molar-refractivity contribution in [3.8, 4) is 0 Å². The van der Waals surface area contributed by atoms with E-state index < -0.39 is 0 Å².